The van der Waals surface area contributed by atoms with Crippen LogP contribution >= 0.6 is 11.8 Å². The first kappa shape index (κ1) is 13.8. The van der Waals surface area contributed by atoms with E-state index < -0.39 is 0 Å². The molecular formula is C14H25N3S. The topological polar surface area (TPSA) is 29.9 Å². The highest BCUT2D eigenvalue weighted by Crippen LogP contribution is 2.24. The van der Waals surface area contributed by atoms with E-state index in [1.165, 1.54) is 29.3 Å². The van der Waals surface area contributed by atoms with Crippen molar-refractivity contribution in [3.05, 3.63) is 11.9 Å². The summed E-state index contributed by atoms with van der Waals surface area (Å²) in [5, 5.41) is 8.12. The Labute approximate surface area is 115 Å². The van der Waals surface area contributed by atoms with Crippen molar-refractivity contribution >= 4 is 17.4 Å². The van der Waals surface area contributed by atoms with E-state index in [1.54, 1.807) is 0 Å². The Kier molecular flexibility index (Phi) is 4.98. The quantitative estimate of drug-likeness (QED) is 0.858. The van der Waals surface area contributed by atoms with E-state index >= 15 is 0 Å². The number of nitrogens with zero attached hydrogens (tertiary/aromatic N) is 2. The van der Waals surface area contributed by atoms with Crippen LogP contribution in [-0.4, -0.2) is 27.8 Å². The number of hydrogen-bond donors (Lipinski definition) is 1. The molecule has 1 fully saturated rings. The van der Waals surface area contributed by atoms with Crippen LogP contribution in [0.3, 0.4) is 0 Å². The SMILES string of the molecule is CCc1c(NC[C@@H]2CCSC2)cnn1CC(C)C. The minimum atomic E-state index is 0.647. The van der Waals surface area contributed by atoms with Crippen molar-refractivity contribution in [2.45, 2.75) is 40.2 Å². The summed E-state index contributed by atoms with van der Waals surface area (Å²) < 4.78 is 2.16. The van der Waals surface area contributed by atoms with E-state index in [9.17, 15) is 0 Å². The highest BCUT2D eigenvalue weighted by atomic mass is 32.2. The Morgan fingerprint density at radius 1 is 1.56 bits per heavy atom. The van der Waals surface area contributed by atoms with Crippen LogP contribution in [0, 0.1) is 11.8 Å². The van der Waals surface area contributed by atoms with Crippen LogP contribution < -0.4 is 5.32 Å². The Hall–Kier alpha value is -0.640. The zero-order chi connectivity index (χ0) is 13.0. The fourth-order valence-electron chi connectivity index (χ4n) is 2.43. The minimum absolute atomic E-state index is 0.647. The highest BCUT2D eigenvalue weighted by Gasteiger charge is 2.16. The van der Waals surface area contributed by atoms with E-state index in [1.807, 2.05) is 6.20 Å². The number of anilines is 1. The second-order valence-electron chi connectivity index (χ2n) is 5.54. The molecule has 1 aliphatic rings. The third kappa shape index (κ3) is 3.44. The molecule has 1 atom stereocenters. The van der Waals surface area contributed by atoms with Crippen LogP contribution in [0.1, 0.15) is 32.9 Å². The predicted octanol–water partition coefficient (Wildman–Crippen LogP) is 3.27. The molecule has 0 aromatic carbocycles. The van der Waals surface area contributed by atoms with Gasteiger partial charge in [0.25, 0.3) is 0 Å². The number of nitrogens with one attached hydrogen (secondary N) is 1. The van der Waals surface area contributed by atoms with Gasteiger partial charge in [0.15, 0.2) is 0 Å². The van der Waals surface area contributed by atoms with Crippen molar-refractivity contribution in [2.75, 3.05) is 23.4 Å². The lowest BCUT2D eigenvalue weighted by Gasteiger charge is -2.13. The molecule has 0 unspecified atom stereocenters. The predicted molar refractivity (Wildman–Crippen MR) is 80.4 cm³/mol. The summed E-state index contributed by atoms with van der Waals surface area (Å²) in [5.41, 5.74) is 2.60. The summed E-state index contributed by atoms with van der Waals surface area (Å²) >= 11 is 2.08. The second kappa shape index (κ2) is 6.50. The Balaban J connectivity index is 1.96. The summed E-state index contributed by atoms with van der Waals surface area (Å²) in [6, 6.07) is 0. The first-order chi connectivity index (χ1) is 8.70. The van der Waals surface area contributed by atoms with Crippen LogP contribution in [-0.2, 0) is 13.0 Å². The molecule has 0 amide bonds. The van der Waals surface area contributed by atoms with Crippen LogP contribution in [0.4, 0.5) is 5.69 Å². The molecule has 18 heavy (non-hydrogen) atoms. The minimum Gasteiger partial charge on any atom is -0.382 e. The molecule has 2 rings (SSSR count). The summed E-state index contributed by atoms with van der Waals surface area (Å²) in [7, 11) is 0. The molecular weight excluding hydrogens is 242 g/mol. The maximum Gasteiger partial charge on any atom is 0.0759 e. The molecule has 102 valence electrons. The van der Waals surface area contributed by atoms with E-state index in [0.29, 0.717) is 5.92 Å². The van der Waals surface area contributed by atoms with Gasteiger partial charge in [-0.25, -0.2) is 0 Å². The first-order valence-corrected chi connectivity index (χ1v) is 8.22. The third-order valence-corrected chi connectivity index (χ3v) is 4.66. The molecule has 1 aliphatic heterocycles. The van der Waals surface area contributed by atoms with Gasteiger partial charge in [-0.2, -0.15) is 16.9 Å². The Morgan fingerprint density at radius 2 is 2.39 bits per heavy atom. The number of rotatable bonds is 6. The van der Waals surface area contributed by atoms with Crippen molar-refractivity contribution in [2.24, 2.45) is 11.8 Å². The van der Waals surface area contributed by atoms with Gasteiger partial charge in [0.1, 0.15) is 0 Å². The lowest BCUT2D eigenvalue weighted by molar-refractivity contribution is 0.470. The van der Waals surface area contributed by atoms with Gasteiger partial charge in [0.05, 0.1) is 17.6 Å². The van der Waals surface area contributed by atoms with Crippen LogP contribution in [0.25, 0.3) is 0 Å². The summed E-state index contributed by atoms with van der Waals surface area (Å²) in [5.74, 6) is 4.14. The molecule has 1 aromatic rings. The van der Waals surface area contributed by atoms with Crippen molar-refractivity contribution in [3.8, 4) is 0 Å². The van der Waals surface area contributed by atoms with Crippen LogP contribution in [0.15, 0.2) is 6.20 Å². The number of thioether (sulfide) groups is 1. The number of hydrogen-bond acceptors (Lipinski definition) is 3. The van der Waals surface area contributed by atoms with E-state index in [2.05, 4.69) is 47.6 Å². The molecule has 1 N–H and O–H groups in total. The molecule has 0 saturated carbocycles. The highest BCUT2D eigenvalue weighted by molar-refractivity contribution is 7.99. The van der Waals surface area contributed by atoms with Crippen LogP contribution in [0.5, 0.6) is 0 Å². The summed E-state index contributed by atoms with van der Waals surface area (Å²) in [6.45, 7) is 8.82. The largest absolute Gasteiger partial charge is 0.382 e. The van der Waals surface area contributed by atoms with Crippen molar-refractivity contribution in [1.82, 2.24) is 9.78 Å². The molecule has 4 heteroatoms. The van der Waals surface area contributed by atoms with E-state index in [-0.39, 0.29) is 0 Å². The van der Waals surface area contributed by atoms with Gasteiger partial charge < -0.3 is 5.32 Å². The monoisotopic (exact) mass is 267 g/mol. The van der Waals surface area contributed by atoms with E-state index in [4.69, 9.17) is 0 Å². The third-order valence-electron chi connectivity index (χ3n) is 3.43. The molecule has 0 aliphatic carbocycles. The molecule has 3 nitrogen and oxygen atoms in total. The maximum absolute atomic E-state index is 4.52. The molecule has 0 spiro atoms. The van der Waals surface area contributed by atoms with Gasteiger partial charge in [0.2, 0.25) is 0 Å². The normalized spacial score (nSPS) is 19.7. The smallest absolute Gasteiger partial charge is 0.0759 e. The lowest BCUT2D eigenvalue weighted by Crippen LogP contribution is -2.15. The average Bonchev–Trinajstić information content (AvgIpc) is 2.94. The lowest BCUT2D eigenvalue weighted by atomic mass is 10.1. The number of aromatic nitrogens is 2. The fraction of sp³-hybridized carbons (Fsp3) is 0.786. The van der Waals surface area contributed by atoms with Crippen molar-refractivity contribution in [1.29, 1.82) is 0 Å². The van der Waals surface area contributed by atoms with Crippen molar-refractivity contribution < 1.29 is 0 Å². The fourth-order valence-corrected chi connectivity index (χ4v) is 3.72. The van der Waals surface area contributed by atoms with E-state index in [0.717, 1.165) is 25.4 Å². The summed E-state index contributed by atoms with van der Waals surface area (Å²) in [4.78, 5) is 0. The van der Waals surface area contributed by atoms with Gasteiger partial charge in [-0.3, -0.25) is 4.68 Å². The van der Waals surface area contributed by atoms with Gasteiger partial charge in [-0.15, -0.1) is 0 Å². The van der Waals surface area contributed by atoms with Gasteiger partial charge >= 0.3 is 0 Å². The average molecular weight is 267 g/mol. The van der Waals surface area contributed by atoms with Gasteiger partial charge in [-0.05, 0) is 36.2 Å². The summed E-state index contributed by atoms with van der Waals surface area (Å²) in [6.07, 6.45) is 4.41. The molecule has 0 radical (unpaired) electrons. The van der Waals surface area contributed by atoms with Gasteiger partial charge in [0, 0.05) is 13.1 Å². The molecule has 1 aromatic heterocycles. The standard InChI is InChI=1S/C14H25N3S/c1-4-14-13(8-16-17(14)9-11(2)3)15-7-12-5-6-18-10-12/h8,11-12,15H,4-7,9-10H2,1-3H3/t12-/m0/s1. The van der Waals surface area contributed by atoms with Crippen LogP contribution in [0.2, 0.25) is 0 Å². The zero-order valence-electron chi connectivity index (χ0n) is 11.8. The van der Waals surface area contributed by atoms with Gasteiger partial charge in [-0.1, -0.05) is 20.8 Å². The molecule has 0 bridgehead atoms. The Morgan fingerprint density at radius 3 is 3.00 bits per heavy atom. The first-order valence-electron chi connectivity index (χ1n) is 7.07. The molecule has 2 heterocycles. The maximum atomic E-state index is 4.52. The Bertz CT molecular complexity index is 367. The van der Waals surface area contributed by atoms with Crippen molar-refractivity contribution in [3.63, 3.8) is 0 Å². The second-order valence-corrected chi connectivity index (χ2v) is 6.69. The zero-order valence-corrected chi connectivity index (χ0v) is 12.6. The molecule has 1 saturated heterocycles.